The van der Waals surface area contributed by atoms with Crippen LogP contribution in [0.3, 0.4) is 0 Å². The fourth-order valence-corrected chi connectivity index (χ4v) is 4.34. The van der Waals surface area contributed by atoms with Crippen molar-refractivity contribution in [2.45, 2.75) is 26.1 Å². The number of nitrogens with zero attached hydrogens (tertiary/aromatic N) is 1. The van der Waals surface area contributed by atoms with E-state index in [1.54, 1.807) is 5.56 Å². The Hall–Kier alpha value is -0.680. The molecule has 20 heavy (non-hydrogen) atoms. The standard InChI is InChI=1S/C16H19BrN2S/c1-19(10-15-7-14(17)11-20-15)9-13-4-2-3-12-8-18-6-5-16(12)13/h2-4,7,11,18H,5-6,8-10H2,1H3. The molecule has 1 N–H and O–H groups in total. The van der Waals surface area contributed by atoms with Gasteiger partial charge in [-0.25, -0.2) is 0 Å². The minimum atomic E-state index is 1.01. The number of thiophene rings is 1. The first kappa shape index (κ1) is 14.3. The summed E-state index contributed by atoms with van der Waals surface area (Å²) in [7, 11) is 2.20. The number of rotatable bonds is 4. The molecule has 3 rings (SSSR count). The molecule has 1 aliphatic heterocycles. The summed E-state index contributed by atoms with van der Waals surface area (Å²) in [6.45, 7) is 4.16. The van der Waals surface area contributed by atoms with Crippen molar-refractivity contribution in [2.24, 2.45) is 0 Å². The van der Waals surface area contributed by atoms with E-state index in [1.165, 1.54) is 20.5 Å². The van der Waals surface area contributed by atoms with E-state index in [1.807, 2.05) is 11.3 Å². The Balaban J connectivity index is 1.71. The fraction of sp³-hybridized carbons (Fsp3) is 0.375. The SMILES string of the molecule is CN(Cc1cc(Br)cs1)Cc1cccc2c1CCNC2. The molecular formula is C16H19BrN2S. The highest BCUT2D eigenvalue weighted by atomic mass is 79.9. The quantitative estimate of drug-likeness (QED) is 0.902. The summed E-state index contributed by atoms with van der Waals surface area (Å²) in [6.07, 6.45) is 1.16. The van der Waals surface area contributed by atoms with Gasteiger partial charge >= 0.3 is 0 Å². The zero-order chi connectivity index (χ0) is 13.9. The number of hydrogen-bond donors (Lipinski definition) is 1. The molecule has 0 saturated heterocycles. The van der Waals surface area contributed by atoms with Gasteiger partial charge in [-0.15, -0.1) is 11.3 Å². The summed E-state index contributed by atoms with van der Waals surface area (Å²) in [4.78, 5) is 3.81. The first-order valence-corrected chi connectivity index (χ1v) is 8.61. The predicted octanol–water partition coefficient (Wildman–Crippen LogP) is 3.79. The zero-order valence-corrected chi connectivity index (χ0v) is 14.1. The Morgan fingerprint density at radius 1 is 1.35 bits per heavy atom. The maximum absolute atomic E-state index is 3.52. The van der Waals surface area contributed by atoms with E-state index >= 15 is 0 Å². The number of fused-ring (bicyclic) bond motifs is 1. The lowest BCUT2D eigenvalue weighted by molar-refractivity contribution is 0.320. The lowest BCUT2D eigenvalue weighted by atomic mass is 9.95. The van der Waals surface area contributed by atoms with Crippen molar-refractivity contribution in [1.29, 1.82) is 0 Å². The maximum atomic E-state index is 3.52. The van der Waals surface area contributed by atoms with Gasteiger partial charge in [-0.1, -0.05) is 18.2 Å². The van der Waals surface area contributed by atoms with E-state index in [0.29, 0.717) is 0 Å². The highest BCUT2D eigenvalue weighted by molar-refractivity contribution is 9.10. The first-order chi connectivity index (χ1) is 9.72. The number of nitrogens with one attached hydrogen (secondary N) is 1. The summed E-state index contributed by atoms with van der Waals surface area (Å²) in [5.41, 5.74) is 4.52. The topological polar surface area (TPSA) is 15.3 Å². The summed E-state index contributed by atoms with van der Waals surface area (Å²) in [6, 6.07) is 8.94. The average molecular weight is 351 g/mol. The molecule has 1 aliphatic rings. The van der Waals surface area contributed by atoms with Gasteiger partial charge in [0.25, 0.3) is 0 Å². The van der Waals surface area contributed by atoms with Gasteiger partial charge in [0.15, 0.2) is 0 Å². The summed E-state index contributed by atoms with van der Waals surface area (Å²) in [5.74, 6) is 0. The molecule has 1 aromatic heterocycles. The second-order valence-electron chi connectivity index (χ2n) is 5.39. The molecule has 2 heterocycles. The van der Waals surface area contributed by atoms with E-state index in [-0.39, 0.29) is 0 Å². The molecule has 1 aromatic carbocycles. The van der Waals surface area contributed by atoms with Crippen molar-refractivity contribution in [3.05, 3.63) is 55.7 Å². The number of halogens is 1. The van der Waals surface area contributed by atoms with Crippen molar-refractivity contribution in [3.63, 3.8) is 0 Å². The Labute approximate surface area is 132 Å². The third-order valence-corrected chi connectivity index (χ3v) is 5.41. The van der Waals surface area contributed by atoms with E-state index < -0.39 is 0 Å². The number of benzene rings is 1. The summed E-state index contributed by atoms with van der Waals surface area (Å²) in [5, 5.41) is 5.60. The Kier molecular flexibility index (Phi) is 4.56. The van der Waals surface area contributed by atoms with Crippen molar-refractivity contribution < 1.29 is 0 Å². The van der Waals surface area contributed by atoms with Gasteiger partial charge in [0.1, 0.15) is 0 Å². The van der Waals surface area contributed by atoms with Crippen LogP contribution in [0.5, 0.6) is 0 Å². The van der Waals surface area contributed by atoms with Crippen LogP contribution in [-0.2, 0) is 26.1 Å². The molecule has 0 bridgehead atoms. The van der Waals surface area contributed by atoms with E-state index in [4.69, 9.17) is 0 Å². The van der Waals surface area contributed by atoms with Gasteiger partial charge in [-0.05, 0) is 58.7 Å². The van der Waals surface area contributed by atoms with Crippen molar-refractivity contribution in [1.82, 2.24) is 10.2 Å². The van der Waals surface area contributed by atoms with Crippen LogP contribution in [0.4, 0.5) is 0 Å². The van der Waals surface area contributed by atoms with Crippen LogP contribution in [0.2, 0.25) is 0 Å². The second kappa shape index (κ2) is 6.39. The van der Waals surface area contributed by atoms with Crippen LogP contribution in [0.15, 0.2) is 34.1 Å². The monoisotopic (exact) mass is 350 g/mol. The van der Waals surface area contributed by atoms with Crippen LogP contribution < -0.4 is 5.32 Å². The molecule has 0 fully saturated rings. The fourth-order valence-electron chi connectivity index (χ4n) is 2.81. The van der Waals surface area contributed by atoms with E-state index in [2.05, 4.69) is 62.8 Å². The number of hydrogen-bond acceptors (Lipinski definition) is 3. The third-order valence-electron chi connectivity index (χ3n) is 3.73. The van der Waals surface area contributed by atoms with Gasteiger partial charge in [-0.3, -0.25) is 4.90 Å². The lowest BCUT2D eigenvalue weighted by Crippen LogP contribution is -2.26. The van der Waals surface area contributed by atoms with Crippen LogP contribution in [-0.4, -0.2) is 18.5 Å². The van der Waals surface area contributed by atoms with Crippen LogP contribution in [0.25, 0.3) is 0 Å². The highest BCUT2D eigenvalue weighted by Crippen LogP contribution is 2.23. The maximum Gasteiger partial charge on any atom is 0.0328 e. The Morgan fingerprint density at radius 2 is 2.25 bits per heavy atom. The zero-order valence-electron chi connectivity index (χ0n) is 11.7. The average Bonchev–Trinajstić information content (AvgIpc) is 2.84. The molecule has 0 spiro atoms. The molecule has 4 heteroatoms. The van der Waals surface area contributed by atoms with Crippen LogP contribution in [0.1, 0.15) is 21.6 Å². The molecule has 0 amide bonds. The van der Waals surface area contributed by atoms with Crippen molar-refractivity contribution in [2.75, 3.05) is 13.6 Å². The van der Waals surface area contributed by atoms with E-state index in [9.17, 15) is 0 Å². The normalized spacial score (nSPS) is 14.6. The minimum Gasteiger partial charge on any atom is -0.312 e. The Morgan fingerprint density at radius 3 is 3.05 bits per heavy atom. The molecule has 2 nitrogen and oxygen atoms in total. The molecule has 106 valence electrons. The summed E-state index contributed by atoms with van der Waals surface area (Å²) >= 11 is 5.34. The molecule has 0 saturated carbocycles. The molecular weight excluding hydrogens is 332 g/mol. The molecule has 0 radical (unpaired) electrons. The summed E-state index contributed by atoms with van der Waals surface area (Å²) < 4.78 is 1.19. The highest BCUT2D eigenvalue weighted by Gasteiger charge is 2.13. The largest absolute Gasteiger partial charge is 0.312 e. The smallest absolute Gasteiger partial charge is 0.0328 e. The molecule has 0 atom stereocenters. The van der Waals surface area contributed by atoms with Gasteiger partial charge in [0.2, 0.25) is 0 Å². The van der Waals surface area contributed by atoms with E-state index in [0.717, 1.165) is 32.6 Å². The van der Waals surface area contributed by atoms with Crippen LogP contribution in [0, 0.1) is 0 Å². The first-order valence-electron chi connectivity index (χ1n) is 6.94. The minimum absolute atomic E-state index is 1.01. The molecule has 2 aromatic rings. The van der Waals surface area contributed by atoms with Crippen molar-refractivity contribution >= 4 is 27.3 Å². The molecule has 0 unspecified atom stereocenters. The molecule has 0 aliphatic carbocycles. The second-order valence-corrected chi connectivity index (χ2v) is 7.30. The lowest BCUT2D eigenvalue weighted by Gasteiger charge is -2.23. The van der Waals surface area contributed by atoms with Gasteiger partial charge < -0.3 is 5.32 Å². The van der Waals surface area contributed by atoms with Gasteiger partial charge in [-0.2, -0.15) is 0 Å². The third kappa shape index (κ3) is 3.31. The Bertz CT molecular complexity index is 594. The van der Waals surface area contributed by atoms with Crippen LogP contribution >= 0.6 is 27.3 Å². The van der Waals surface area contributed by atoms with Gasteiger partial charge in [0, 0.05) is 34.4 Å². The predicted molar refractivity (Wildman–Crippen MR) is 89.0 cm³/mol. The van der Waals surface area contributed by atoms with Gasteiger partial charge in [0.05, 0.1) is 0 Å². The van der Waals surface area contributed by atoms with Crippen molar-refractivity contribution in [3.8, 4) is 0 Å².